The minimum atomic E-state index is -0.236. The Bertz CT molecular complexity index is 439. The zero-order valence-electron chi connectivity index (χ0n) is 12.4. The molecule has 20 heavy (non-hydrogen) atoms. The van der Waals surface area contributed by atoms with Gasteiger partial charge in [-0.3, -0.25) is 0 Å². The molecule has 0 spiro atoms. The fourth-order valence-corrected chi connectivity index (χ4v) is 3.55. The van der Waals surface area contributed by atoms with Crippen molar-refractivity contribution < 1.29 is 4.39 Å². The molecule has 1 aromatic carbocycles. The predicted octanol–water partition coefficient (Wildman–Crippen LogP) is 4.81. The Morgan fingerprint density at radius 2 is 1.80 bits per heavy atom. The van der Waals surface area contributed by atoms with Crippen molar-refractivity contribution in [3.05, 3.63) is 34.6 Å². The summed E-state index contributed by atoms with van der Waals surface area (Å²) in [6.45, 7) is 4.61. The Morgan fingerprint density at radius 3 is 2.40 bits per heavy atom. The number of benzene rings is 1. The number of hydrogen-bond donors (Lipinski definition) is 1. The second-order valence-electron chi connectivity index (χ2n) is 6.52. The van der Waals surface area contributed by atoms with Gasteiger partial charge in [-0.1, -0.05) is 25.4 Å². The summed E-state index contributed by atoms with van der Waals surface area (Å²) in [4.78, 5) is 0. The Morgan fingerprint density at radius 1 is 1.20 bits per heavy atom. The largest absolute Gasteiger partial charge is 0.327 e. The van der Waals surface area contributed by atoms with E-state index in [1.165, 1.54) is 37.8 Å². The van der Waals surface area contributed by atoms with Crippen molar-refractivity contribution in [2.75, 3.05) is 0 Å². The first-order valence-electron chi connectivity index (χ1n) is 7.67. The van der Waals surface area contributed by atoms with Crippen LogP contribution in [0.4, 0.5) is 4.39 Å². The summed E-state index contributed by atoms with van der Waals surface area (Å²) in [7, 11) is 0. The summed E-state index contributed by atoms with van der Waals surface area (Å²) in [6.07, 6.45) is 5.60. The zero-order valence-corrected chi connectivity index (χ0v) is 13.2. The van der Waals surface area contributed by atoms with Crippen LogP contribution >= 0.6 is 11.6 Å². The van der Waals surface area contributed by atoms with E-state index in [-0.39, 0.29) is 11.9 Å². The fourth-order valence-electron chi connectivity index (χ4n) is 3.36. The van der Waals surface area contributed by atoms with Gasteiger partial charge >= 0.3 is 0 Å². The highest BCUT2D eigenvalue weighted by Crippen LogP contribution is 2.35. The van der Waals surface area contributed by atoms with Crippen LogP contribution in [0.1, 0.15) is 45.1 Å². The molecule has 3 heteroatoms. The van der Waals surface area contributed by atoms with E-state index in [9.17, 15) is 4.39 Å². The fraction of sp³-hybridized carbons (Fsp3) is 0.647. The Labute approximate surface area is 126 Å². The number of halogens is 2. The van der Waals surface area contributed by atoms with Gasteiger partial charge in [-0.2, -0.15) is 0 Å². The lowest BCUT2D eigenvalue weighted by Crippen LogP contribution is -2.35. The van der Waals surface area contributed by atoms with Gasteiger partial charge in [-0.15, -0.1) is 0 Å². The summed E-state index contributed by atoms with van der Waals surface area (Å²) in [5.41, 5.74) is 7.18. The van der Waals surface area contributed by atoms with E-state index in [1.54, 1.807) is 6.07 Å². The molecule has 0 amide bonds. The molecule has 0 aliphatic heterocycles. The molecule has 1 atom stereocenters. The highest BCUT2D eigenvalue weighted by Gasteiger charge is 2.27. The van der Waals surface area contributed by atoms with Gasteiger partial charge in [-0.05, 0) is 73.6 Å². The highest BCUT2D eigenvalue weighted by molar-refractivity contribution is 6.31. The summed E-state index contributed by atoms with van der Waals surface area (Å²) >= 11 is 6.12. The lowest BCUT2D eigenvalue weighted by atomic mass is 9.74. The minimum Gasteiger partial charge on any atom is -0.327 e. The molecule has 1 aliphatic carbocycles. The molecular weight excluding hydrogens is 273 g/mol. The average molecular weight is 298 g/mol. The smallest absolute Gasteiger partial charge is 0.123 e. The molecule has 1 nitrogen and oxygen atoms in total. The third-order valence-electron chi connectivity index (χ3n) is 4.83. The molecule has 1 saturated carbocycles. The van der Waals surface area contributed by atoms with E-state index in [0.717, 1.165) is 17.4 Å². The van der Waals surface area contributed by atoms with Gasteiger partial charge in [0.2, 0.25) is 0 Å². The van der Waals surface area contributed by atoms with E-state index >= 15 is 0 Å². The maximum Gasteiger partial charge on any atom is 0.123 e. The van der Waals surface area contributed by atoms with Gasteiger partial charge in [0.1, 0.15) is 5.82 Å². The molecule has 1 unspecified atom stereocenters. The topological polar surface area (TPSA) is 26.0 Å². The average Bonchev–Trinajstić information content (AvgIpc) is 2.43. The van der Waals surface area contributed by atoms with Crippen LogP contribution in [0.15, 0.2) is 18.2 Å². The van der Waals surface area contributed by atoms with Crippen molar-refractivity contribution in [1.29, 1.82) is 0 Å². The first-order valence-corrected chi connectivity index (χ1v) is 8.04. The van der Waals surface area contributed by atoms with Gasteiger partial charge in [0.15, 0.2) is 0 Å². The van der Waals surface area contributed by atoms with Gasteiger partial charge in [0.05, 0.1) is 0 Å². The molecular formula is C17H25ClFN. The highest BCUT2D eigenvalue weighted by atomic mass is 35.5. The minimum absolute atomic E-state index is 0.0856. The van der Waals surface area contributed by atoms with Crippen LogP contribution in [0.2, 0.25) is 5.02 Å². The van der Waals surface area contributed by atoms with E-state index in [4.69, 9.17) is 17.3 Å². The molecule has 1 fully saturated rings. The summed E-state index contributed by atoms with van der Waals surface area (Å²) < 4.78 is 13.3. The maximum absolute atomic E-state index is 13.3. The van der Waals surface area contributed by atoms with Crippen LogP contribution in [0.25, 0.3) is 0 Å². The molecule has 112 valence electrons. The molecule has 0 aromatic heterocycles. The maximum atomic E-state index is 13.3. The van der Waals surface area contributed by atoms with Crippen molar-refractivity contribution in [1.82, 2.24) is 0 Å². The summed E-state index contributed by atoms with van der Waals surface area (Å²) in [5.74, 6) is 1.92. The first-order chi connectivity index (χ1) is 9.47. The van der Waals surface area contributed by atoms with E-state index in [1.807, 2.05) is 0 Å². The molecule has 2 rings (SSSR count). The van der Waals surface area contributed by atoms with Crippen molar-refractivity contribution in [2.24, 2.45) is 23.5 Å². The lowest BCUT2D eigenvalue weighted by Gasteiger charge is -2.34. The Balaban J connectivity index is 1.92. The third kappa shape index (κ3) is 3.95. The second kappa shape index (κ2) is 6.91. The number of rotatable bonds is 4. The zero-order chi connectivity index (χ0) is 14.7. The van der Waals surface area contributed by atoms with Crippen LogP contribution < -0.4 is 5.73 Å². The first kappa shape index (κ1) is 15.8. The van der Waals surface area contributed by atoms with Gasteiger partial charge < -0.3 is 5.73 Å². The van der Waals surface area contributed by atoms with Gasteiger partial charge in [-0.25, -0.2) is 4.39 Å². The van der Waals surface area contributed by atoms with Crippen LogP contribution in [-0.2, 0) is 6.42 Å². The van der Waals surface area contributed by atoms with Crippen LogP contribution in [0, 0.1) is 23.6 Å². The van der Waals surface area contributed by atoms with E-state index in [2.05, 4.69) is 13.8 Å². The van der Waals surface area contributed by atoms with Gasteiger partial charge in [0, 0.05) is 11.1 Å². The second-order valence-corrected chi connectivity index (χ2v) is 6.93. The monoisotopic (exact) mass is 297 g/mol. The SMILES string of the molecule is CC(C)C1CCC(C(N)Cc2cc(F)ccc2Cl)CC1. The number of hydrogen-bond acceptors (Lipinski definition) is 1. The molecule has 0 saturated heterocycles. The Kier molecular flexibility index (Phi) is 5.45. The van der Waals surface area contributed by atoms with E-state index in [0.29, 0.717) is 17.4 Å². The molecule has 0 bridgehead atoms. The molecule has 1 aromatic rings. The molecule has 0 heterocycles. The third-order valence-corrected chi connectivity index (χ3v) is 5.20. The Hall–Kier alpha value is -0.600. The summed E-state index contributed by atoms with van der Waals surface area (Å²) in [5, 5.41) is 0.623. The lowest BCUT2D eigenvalue weighted by molar-refractivity contribution is 0.202. The van der Waals surface area contributed by atoms with Crippen LogP contribution in [0.5, 0.6) is 0 Å². The molecule has 2 N–H and O–H groups in total. The standard InChI is InChI=1S/C17H25ClFN/c1-11(2)12-3-5-13(6-4-12)17(20)10-14-9-15(19)7-8-16(14)18/h7-9,11-13,17H,3-6,10,20H2,1-2H3. The van der Waals surface area contributed by atoms with Crippen molar-refractivity contribution >= 4 is 11.6 Å². The van der Waals surface area contributed by atoms with Crippen LogP contribution in [0.3, 0.4) is 0 Å². The van der Waals surface area contributed by atoms with Crippen molar-refractivity contribution in [3.63, 3.8) is 0 Å². The van der Waals surface area contributed by atoms with Crippen molar-refractivity contribution in [3.8, 4) is 0 Å². The normalized spacial score (nSPS) is 24.9. The summed E-state index contributed by atoms with van der Waals surface area (Å²) in [6, 6.07) is 4.62. The van der Waals surface area contributed by atoms with Gasteiger partial charge in [0.25, 0.3) is 0 Å². The quantitative estimate of drug-likeness (QED) is 0.848. The van der Waals surface area contributed by atoms with Crippen molar-refractivity contribution in [2.45, 2.75) is 52.0 Å². The van der Waals surface area contributed by atoms with E-state index < -0.39 is 0 Å². The van der Waals surface area contributed by atoms with Crippen LogP contribution in [-0.4, -0.2) is 6.04 Å². The number of nitrogens with two attached hydrogens (primary N) is 1. The molecule has 1 aliphatic rings. The predicted molar refractivity (Wildman–Crippen MR) is 83.4 cm³/mol. The molecule has 0 radical (unpaired) electrons.